The van der Waals surface area contributed by atoms with Crippen LogP contribution in [0.4, 0.5) is 4.39 Å². The molecule has 0 saturated heterocycles. The van der Waals surface area contributed by atoms with E-state index in [0.29, 0.717) is 12.0 Å². The number of rotatable bonds is 5. The lowest BCUT2D eigenvalue weighted by atomic mass is 9.91. The van der Waals surface area contributed by atoms with Crippen molar-refractivity contribution in [1.82, 2.24) is 5.32 Å². The van der Waals surface area contributed by atoms with Crippen molar-refractivity contribution in [2.45, 2.75) is 32.2 Å². The number of fused-ring (bicyclic) bond motifs is 1. The Morgan fingerprint density at radius 1 is 1.10 bits per heavy atom. The first-order valence-corrected chi connectivity index (χ1v) is 7.81. The van der Waals surface area contributed by atoms with Crippen LogP contribution in [0.5, 0.6) is 0 Å². The minimum atomic E-state index is -0.141. The topological polar surface area (TPSA) is 12.0 Å². The van der Waals surface area contributed by atoms with Crippen LogP contribution in [0.1, 0.15) is 23.6 Å². The summed E-state index contributed by atoms with van der Waals surface area (Å²) in [7, 11) is 0. The third-order valence-electron chi connectivity index (χ3n) is 4.46. The maximum Gasteiger partial charge on any atom is 0.123 e. The molecule has 0 fully saturated rings. The molecular weight excluding hydrogens is 261 g/mol. The standard InChI is InChI=1S/C19H22FN/c1-2-21-19(11-14-6-5-9-18(20)10-14)17-12-15-7-3-4-8-16(15)13-17/h3-10,17,19,21H,2,11-13H2,1H3. The van der Waals surface area contributed by atoms with E-state index in [9.17, 15) is 4.39 Å². The van der Waals surface area contributed by atoms with Crippen molar-refractivity contribution >= 4 is 0 Å². The van der Waals surface area contributed by atoms with Crippen molar-refractivity contribution in [2.24, 2.45) is 5.92 Å². The third kappa shape index (κ3) is 3.33. The number of hydrogen-bond acceptors (Lipinski definition) is 1. The molecule has 0 aromatic heterocycles. The smallest absolute Gasteiger partial charge is 0.123 e. The lowest BCUT2D eigenvalue weighted by Crippen LogP contribution is -2.38. The average molecular weight is 283 g/mol. The summed E-state index contributed by atoms with van der Waals surface area (Å²) in [5.74, 6) is 0.461. The molecule has 1 aliphatic rings. The Morgan fingerprint density at radius 3 is 2.43 bits per heavy atom. The van der Waals surface area contributed by atoms with Gasteiger partial charge in [0.2, 0.25) is 0 Å². The molecular formula is C19H22FN. The predicted octanol–water partition coefficient (Wildman–Crippen LogP) is 3.76. The maximum atomic E-state index is 13.4. The number of benzene rings is 2. The van der Waals surface area contributed by atoms with Gasteiger partial charge in [-0.25, -0.2) is 4.39 Å². The fourth-order valence-electron chi connectivity index (χ4n) is 3.46. The van der Waals surface area contributed by atoms with E-state index in [4.69, 9.17) is 0 Å². The van der Waals surface area contributed by atoms with Crippen LogP contribution in [-0.4, -0.2) is 12.6 Å². The molecule has 1 N–H and O–H groups in total. The molecule has 0 amide bonds. The van der Waals surface area contributed by atoms with Gasteiger partial charge >= 0.3 is 0 Å². The van der Waals surface area contributed by atoms with Crippen LogP contribution in [0.3, 0.4) is 0 Å². The Labute approximate surface area is 126 Å². The van der Waals surface area contributed by atoms with Crippen LogP contribution < -0.4 is 5.32 Å². The normalized spacial score (nSPS) is 15.9. The Balaban J connectivity index is 1.74. The van der Waals surface area contributed by atoms with Gasteiger partial charge in [0.05, 0.1) is 0 Å². The summed E-state index contributed by atoms with van der Waals surface area (Å²) < 4.78 is 13.4. The highest BCUT2D eigenvalue weighted by atomic mass is 19.1. The number of likely N-dealkylation sites (N-methyl/N-ethyl adjacent to an activating group) is 1. The molecule has 0 spiro atoms. The van der Waals surface area contributed by atoms with Gasteiger partial charge in [0, 0.05) is 6.04 Å². The van der Waals surface area contributed by atoms with E-state index < -0.39 is 0 Å². The highest BCUT2D eigenvalue weighted by Crippen LogP contribution is 2.30. The first-order valence-electron chi connectivity index (χ1n) is 7.81. The van der Waals surface area contributed by atoms with Gasteiger partial charge in [-0.1, -0.05) is 43.3 Å². The molecule has 0 bridgehead atoms. The van der Waals surface area contributed by atoms with E-state index in [-0.39, 0.29) is 5.82 Å². The minimum absolute atomic E-state index is 0.141. The predicted molar refractivity (Wildman–Crippen MR) is 84.9 cm³/mol. The summed E-state index contributed by atoms with van der Waals surface area (Å²) in [6.45, 7) is 3.09. The Kier molecular flexibility index (Phi) is 4.35. The van der Waals surface area contributed by atoms with Gasteiger partial charge in [-0.05, 0) is 60.5 Å². The first-order chi connectivity index (χ1) is 10.3. The highest BCUT2D eigenvalue weighted by Gasteiger charge is 2.28. The fraction of sp³-hybridized carbons (Fsp3) is 0.368. The number of hydrogen-bond donors (Lipinski definition) is 1. The van der Waals surface area contributed by atoms with E-state index in [2.05, 4.69) is 36.5 Å². The largest absolute Gasteiger partial charge is 0.314 e. The zero-order valence-corrected chi connectivity index (χ0v) is 12.5. The molecule has 3 rings (SSSR count). The maximum absolute atomic E-state index is 13.4. The quantitative estimate of drug-likeness (QED) is 0.881. The molecule has 1 nitrogen and oxygen atoms in total. The SMILES string of the molecule is CCNC(Cc1cccc(F)c1)C1Cc2ccccc2C1. The van der Waals surface area contributed by atoms with Gasteiger partial charge in [0.15, 0.2) is 0 Å². The molecule has 2 aromatic rings. The molecule has 2 heteroatoms. The third-order valence-corrected chi connectivity index (χ3v) is 4.46. The van der Waals surface area contributed by atoms with Crippen molar-refractivity contribution < 1.29 is 4.39 Å². The summed E-state index contributed by atoms with van der Waals surface area (Å²) in [6.07, 6.45) is 3.15. The van der Waals surface area contributed by atoms with Crippen LogP contribution >= 0.6 is 0 Å². The van der Waals surface area contributed by atoms with Crippen LogP contribution in [-0.2, 0) is 19.3 Å². The molecule has 1 unspecified atom stereocenters. The lowest BCUT2D eigenvalue weighted by molar-refractivity contribution is 0.367. The second-order valence-electron chi connectivity index (χ2n) is 5.94. The summed E-state index contributed by atoms with van der Waals surface area (Å²) in [4.78, 5) is 0. The van der Waals surface area contributed by atoms with Gasteiger partial charge in [-0.15, -0.1) is 0 Å². The van der Waals surface area contributed by atoms with E-state index in [1.165, 1.54) is 17.2 Å². The van der Waals surface area contributed by atoms with Crippen molar-refractivity contribution in [3.63, 3.8) is 0 Å². The Bertz CT molecular complexity index is 583. The average Bonchev–Trinajstić information content (AvgIpc) is 2.91. The Morgan fingerprint density at radius 2 is 1.81 bits per heavy atom. The van der Waals surface area contributed by atoms with Crippen LogP contribution in [0.25, 0.3) is 0 Å². The number of halogens is 1. The van der Waals surface area contributed by atoms with Gasteiger partial charge in [-0.2, -0.15) is 0 Å². The van der Waals surface area contributed by atoms with Crippen LogP contribution in [0.15, 0.2) is 48.5 Å². The molecule has 0 radical (unpaired) electrons. The summed E-state index contributed by atoms with van der Waals surface area (Å²) in [5, 5.41) is 3.60. The van der Waals surface area contributed by atoms with Gasteiger partial charge in [-0.3, -0.25) is 0 Å². The molecule has 1 aliphatic carbocycles. The molecule has 110 valence electrons. The molecule has 1 atom stereocenters. The van der Waals surface area contributed by atoms with Gasteiger partial charge in [0.1, 0.15) is 5.82 Å². The molecule has 0 saturated carbocycles. The molecule has 0 heterocycles. The zero-order valence-electron chi connectivity index (χ0n) is 12.5. The van der Waals surface area contributed by atoms with Crippen molar-refractivity contribution in [1.29, 1.82) is 0 Å². The molecule has 21 heavy (non-hydrogen) atoms. The molecule has 0 aliphatic heterocycles. The fourth-order valence-corrected chi connectivity index (χ4v) is 3.46. The second-order valence-corrected chi connectivity index (χ2v) is 5.94. The molecule has 2 aromatic carbocycles. The minimum Gasteiger partial charge on any atom is -0.314 e. The van der Waals surface area contributed by atoms with Crippen molar-refractivity contribution in [3.05, 3.63) is 71.0 Å². The highest BCUT2D eigenvalue weighted by molar-refractivity contribution is 5.33. The second kappa shape index (κ2) is 6.40. The lowest BCUT2D eigenvalue weighted by Gasteiger charge is -2.24. The van der Waals surface area contributed by atoms with E-state index >= 15 is 0 Å². The van der Waals surface area contributed by atoms with Gasteiger partial charge in [0.25, 0.3) is 0 Å². The van der Waals surface area contributed by atoms with Crippen molar-refractivity contribution in [3.8, 4) is 0 Å². The zero-order chi connectivity index (χ0) is 14.7. The van der Waals surface area contributed by atoms with Crippen molar-refractivity contribution in [2.75, 3.05) is 6.54 Å². The first kappa shape index (κ1) is 14.3. The van der Waals surface area contributed by atoms with E-state index in [1.807, 2.05) is 6.07 Å². The van der Waals surface area contributed by atoms with E-state index in [0.717, 1.165) is 31.4 Å². The summed E-state index contributed by atoms with van der Waals surface area (Å²) in [6, 6.07) is 16.1. The van der Waals surface area contributed by atoms with Gasteiger partial charge < -0.3 is 5.32 Å². The Hall–Kier alpha value is -1.67. The summed E-state index contributed by atoms with van der Waals surface area (Å²) in [5.41, 5.74) is 4.03. The summed E-state index contributed by atoms with van der Waals surface area (Å²) >= 11 is 0. The monoisotopic (exact) mass is 283 g/mol. The van der Waals surface area contributed by atoms with Crippen LogP contribution in [0.2, 0.25) is 0 Å². The van der Waals surface area contributed by atoms with E-state index in [1.54, 1.807) is 12.1 Å². The number of nitrogens with one attached hydrogen (secondary N) is 1. The van der Waals surface area contributed by atoms with Crippen LogP contribution in [0, 0.1) is 11.7 Å².